The Bertz CT molecular complexity index is 552. The van der Waals surface area contributed by atoms with Crippen molar-refractivity contribution in [1.82, 2.24) is 4.98 Å². The minimum Gasteiger partial charge on any atom is -0.443 e. The van der Waals surface area contributed by atoms with Gasteiger partial charge in [0.25, 0.3) is 0 Å². The maximum Gasteiger partial charge on any atom is 0.416 e. The zero-order chi connectivity index (χ0) is 14.9. The highest BCUT2D eigenvalue weighted by atomic mass is 35.5. The summed E-state index contributed by atoms with van der Waals surface area (Å²) in [6.45, 7) is 5.77. The average Bonchev–Trinajstić information content (AvgIpc) is 2.46. The maximum atomic E-state index is 12.3. The second-order valence-electron chi connectivity index (χ2n) is 5.66. The fourth-order valence-corrected chi connectivity index (χ4v) is 2.12. The molecule has 0 unspecified atom stereocenters. The van der Waals surface area contributed by atoms with Crippen molar-refractivity contribution >= 4 is 29.3 Å². The van der Waals surface area contributed by atoms with Gasteiger partial charge in [0.15, 0.2) is 11.6 Å². The quantitative estimate of drug-likeness (QED) is 0.688. The number of carbonyl (C=O) groups is 2. The van der Waals surface area contributed by atoms with Crippen LogP contribution < -0.4 is 4.90 Å². The lowest BCUT2D eigenvalue weighted by molar-refractivity contribution is 0.0579. The third-order valence-corrected chi connectivity index (χ3v) is 3.01. The van der Waals surface area contributed by atoms with Crippen molar-refractivity contribution < 1.29 is 14.3 Å². The number of halogens is 1. The normalized spacial score (nSPS) is 15.6. The highest BCUT2D eigenvalue weighted by Crippen LogP contribution is 2.27. The van der Waals surface area contributed by atoms with Crippen LogP contribution in [-0.2, 0) is 4.74 Å². The summed E-state index contributed by atoms with van der Waals surface area (Å²) in [5, 5.41) is 0.243. The minimum atomic E-state index is -0.605. The highest BCUT2D eigenvalue weighted by Gasteiger charge is 2.30. The van der Waals surface area contributed by atoms with Crippen molar-refractivity contribution in [1.29, 1.82) is 0 Å². The van der Waals surface area contributed by atoms with E-state index in [4.69, 9.17) is 16.3 Å². The van der Waals surface area contributed by atoms with E-state index >= 15 is 0 Å². The largest absolute Gasteiger partial charge is 0.443 e. The topological polar surface area (TPSA) is 59.5 Å². The SMILES string of the molecule is CC(C)(C)OC(=O)N1CCCC(=O)c2ccc(Cl)nc21. The first-order valence-corrected chi connectivity index (χ1v) is 6.86. The zero-order valence-corrected chi connectivity index (χ0v) is 12.5. The Kier molecular flexibility index (Phi) is 3.99. The number of fused-ring (bicyclic) bond motifs is 1. The van der Waals surface area contributed by atoms with Gasteiger partial charge in [0.2, 0.25) is 0 Å². The van der Waals surface area contributed by atoms with E-state index in [2.05, 4.69) is 4.98 Å². The van der Waals surface area contributed by atoms with Crippen molar-refractivity contribution in [3.05, 3.63) is 22.8 Å². The molecule has 0 N–H and O–H groups in total. The van der Waals surface area contributed by atoms with E-state index in [1.165, 1.54) is 4.90 Å². The number of ketones is 1. The molecule has 108 valence electrons. The van der Waals surface area contributed by atoms with Gasteiger partial charge in [-0.1, -0.05) is 11.6 Å². The van der Waals surface area contributed by atoms with Crippen molar-refractivity contribution in [3.63, 3.8) is 0 Å². The van der Waals surface area contributed by atoms with Crippen LogP contribution in [0.2, 0.25) is 5.15 Å². The molecule has 1 aromatic heterocycles. The standard InChI is InChI=1S/C14H17ClN2O3/c1-14(2,3)20-13(19)17-8-4-5-10(18)9-6-7-11(15)16-12(9)17/h6-7H,4-5,8H2,1-3H3. The second kappa shape index (κ2) is 5.40. The Morgan fingerprint density at radius 2 is 2.10 bits per heavy atom. The molecule has 1 aliphatic rings. The van der Waals surface area contributed by atoms with Gasteiger partial charge in [-0.05, 0) is 39.3 Å². The first kappa shape index (κ1) is 14.8. The molecule has 5 nitrogen and oxygen atoms in total. The predicted molar refractivity (Wildman–Crippen MR) is 76.4 cm³/mol. The van der Waals surface area contributed by atoms with Crippen LogP contribution in [0.4, 0.5) is 10.6 Å². The molecule has 1 aliphatic heterocycles. The van der Waals surface area contributed by atoms with Crippen molar-refractivity contribution in [2.45, 2.75) is 39.2 Å². The van der Waals surface area contributed by atoms with Crippen molar-refractivity contribution in [3.8, 4) is 0 Å². The molecule has 2 rings (SSSR count). The molecule has 2 heterocycles. The molecule has 0 saturated heterocycles. The van der Waals surface area contributed by atoms with Crippen LogP contribution >= 0.6 is 11.6 Å². The lowest BCUT2D eigenvalue weighted by atomic mass is 10.1. The van der Waals surface area contributed by atoms with E-state index in [0.717, 1.165) is 0 Å². The summed E-state index contributed by atoms with van der Waals surface area (Å²) >= 11 is 5.88. The van der Waals surface area contributed by atoms with Crippen LogP contribution in [0.3, 0.4) is 0 Å². The Morgan fingerprint density at radius 1 is 1.40 bits per heavy atom. The van der Waals surface area contributed by atoms with Crippen molar-refractivity contribution in [2.75, 3.05) is 11.4 Å². The first-order chi connectivity index (χ1) is 9.28. The predicted octanol–water partition coefficient (Wildman–Crippen LogP) is 3.45. The Balaban J connectivity index is 2.40. The van der Waals surface area contributed by atoms with E-state index in [9.17, 15) is 9.59 Å². The van der Waals surface area contributed by atoms with Crippen LogP contribution in [0.1, 0.15) is 44.0 Å². The van der Waals surface area contributed by atoms with Crippen LogP contribution in [0.5, 0.6) is 0 Å². The van der Waals surface area contributed by atoms with Gasteiger partial charge in [0.05, 0.1) is 5.56 Å². The number of pyridine rings is 1. The Morgan fingerprint density at radius 3 is 2.75 bits per heavy atom. The molecule has 0 saturated carbocycles. The molecule has 0 bridgehead atoms. The maximum absolute atomic E-state index is 12.3. The molecule has 0 atom stereocenters. The van der Waals surface area contributed by atoms with Gasteiger partial charge in [0, 0.05) is 13.0 Å². The summed E-state index contributed by atoms with van der Waals surface area (Å²) in [6.07, 6.45) is 0.449. The monoisotopic (exact) mass is 296 g/mol. The lowest BCUT2D eigenvalue weighted by Gasteiger charge is -2.26. The van der Waals surface area contributed by atoms with E-state index < -0.39 is 11.7 Å². The number of rotatable bonds is 0. The summed E-state index contributed by atoms with van der Waals surface area (Å²) in [5.74, 6) is 0.254. The number of carbonyl (C=O) groups excluding carboxylic acids is 2. The molecule has 1 aromatic rings. The fraction of sp³-hybridized carbons (Fsp3) is 0.500. The van der Waals surface area contributed by atoms with Crippen LogP contribution in [-0.4, -0.2) is 29.0 Å². The van der Waals surface area contributed by atoms with Gasteiger partial charge < -0.3 is 4.74 Å². The number of aromatic nitrogens is 1. The molecular weight excluding hydrogens is 280 g/mol. The number of hydrogen-bond donors (Lipinski definition) is 0. The summed E-state index contributed by atoms with van der Waals surface area (Å²) < 4.78 is 5.36. The van der Waals surface area contributed by atoms with Gasteiger partial charge in [-0.25, -0.2) is 9.78 Å². The first-order valence-electron chi connectivity index (χ1n) is 6.48. The second-order valence-corrected chi connectivity index (χ2v) is 6.05. The molecule has 0 aliphatic carbocycles. The lowest BCUT2D eigenvalue weighted by Crippen LogP contribution is -2.38. The number of nitrogens with zero attached hydrogens (tertiary/aromatic N) is 2. The van der Waals surface area contributed by atoms with E-state index in [0.29, 0.717) is 24.9 Å². The molecule has 0 aromatic carbocycles. The van der Waals surface area contributed by atoms with Gasteiger partial charge >= 0.3 is 6.09 Å². The summed E-state index contributed by atoms with van der Waals surface area (Å²) in [6, 6.07) is 3.16. The van der Waals surface area contributed by atoms with Gasteiger partial charge in [-0.3, -0.25) is 9.69 Å². The smallest absolute Gasteiger partial charge is 0.416 e. The van der Waals surface area contributed by atoms with Crippen LogP contribution in [0, 0.1) is 0 Å². The van der Waals surface area contributed by atoms with Crippen LogP contribution in [0.25, 0.3) is 0 Å². The van der Waals surface area contributed by atoms with Gasteiger partial charge in [0.1, 0.15) is 10.8 Å². The summed E-state index contributed by atoms with van der Waals surface area (Å²) in [5.41, 5.74) is -0.190. The molecular formula is C14H17ClN2O3. The molecule has 0 radical (unpaired) electrons. The van der Waals surface area contributed by atoms with Crippen LogP contribution in [0.15, 0.2) is 12.1 Å². The Hall–Kier alpha value is -1.62. The van der Waals surface area contributed by atoms with E-state index in [1.54, 1.807) is 32.9 Å². The van der Waals surface area contributed by atoms with E-state index in [1.807, 2.05) is 0 Å². The van der Waals surface area contributed by atoms with Gasteiger partial charge in [-0.2, -0.15) is 0 Å². The zero-order valence-electron chi connectivity index (χ0n) is 11.8. The van der Waals surface area contributed by atoms with E-state index in [-0.39, 0.29) is 16.8 Å². The molecule has 0 spiro atoms. The number of Topliss-reactive ketones (excluding diaryl/α,β-unsaturated/α-hetero) is 1. The third-order valence-electron chi connectivity index (χ3n) is 2.80. The van der Waals surface area contributed by atoms with Gasteiger partial charge in [-0.15, -0.1) is 0 Å². The Labute approximate surface area is 122 Å². The molecule has 6 heteroatoms. The summed E-state index contributed by atoms with van der Waals surface area (Å²) in [7, 11) is 0. The van der Waals surface area contributed by atoms with Crippen molar-refractivity contribution in [2.24, 2.45) is 0 Å². The number of hydrogen-bond acceptors (Lipinski definition) is 4. The average molecular weight is 297 g/mol. The molecule has 0 fully saturated rings. The number of ether oxygens (including phenoxy) is 1. The minimum absolute atomic E-state index is 0.0322. The highest BCUT2D eigenvalue weighted by molar-refractivity contribution is 6.29. The molecule has 1 amide bonds. The molecule has 20 heavy (non-hydrogen) atoms. The third kappa shape index (κ3) is 3.28. The summed E-state index contributed by atoms with van der Waals surface area (Å²) in [4.78, 5) is 29.8. The number of amides is 1. The fourth-order valence-electron chi connectivity index (χ4n) is 1.98. The number of anilines is 1.